The summed E-state index contributed by atoms with van der Waals surface area (Å²) < 4.78 is 33.6. The van der Waals surface area contributed by atoms with Crippen molar-refractivity contribution in [1.29, 1.82) is 0 Å². The predicted molar refractivity (Wildman–Crippen MR) is 131 cm³/mol. The van der Waals surface area contributed by atoms with Crippen molar-refractivity contribution in [3.05, 3.63) is 76.5 Å². The Bertz CT molecular complexity index is 1400. The Morgan fingerprint density at radius 3 is 2.28 bits per heavy atom. The number of hydrogen-bond donors (Lipinski definition) is 0. The van der Waals surface area contributed by atoms with Crippen LogP contribution in [0.2, 0.25) is 0 Å². The van der Waals surface area contributed by atoms with Crippen LogP contribution in [0.4, 0.5) is 0 Å². The summed E-state index contributed by atoms with van der Waals surface area (Å²) in [6, 6.07) is 14.2. The van der Waals surface area contributed by atoms with Crippen molar-refractivity contribution in [3.63, 3.8) is 0 Å². The minimum Gasteiger partial charge on any atom is -0.496 e. The molecule has 0 saturated heterocycles. The minimum absolute atomic E-state index is 0.0872. The van der Waals surface area contributed by atoms with Crippen LogP contribution >= 0.6 is 0 Å². The van der Waals surface area contributed by atoms with Gasteiger partial charge in [0.2, 0.25) is 11.5 Å². The quantitative estimate of drug-likeness (QED) is 0.278. The third-order valence-electron chi connectivity index (χ3n) is 6.32. The number of methoxy groups -OCH3 is 4. The molecule has 0 fully saturated rings. The largest absolute Gasteiger partial charge is 0.496 e. The number of carbonyl (C=O) groups is 2. The molecule has 3 aromatic carbocycles. The molecule has 1 atom stereocenters. The average Bonchev–Trinajstić information content (AvgIpc) is 3.22. The number of carbonyl (C=O) groups excluding carboxylic acids is 2. The number of rotatable bonds is 6. The van der Waals surface area contributed by atoms with Gasteiger partial charge in [0.25, 0.3) is 0 Å². The summed E-state index contributed by atoms with van der Waals surface area (Å²) >= 11 is 0. The first-order chi connectivity index (χ1) is 17.5. The summed E-state index contributed by atoms with van der Waals surface area (Å²) in [6.45, 7) is 0. The molecule has 0 saturated carbocycles. The normalized spacial score (nSPS) is 17.1. The highest BCUT2D eigenvalue weighted by molar-refractivity contribution is 6.15. The molecule has 0 aromatic heterocycles. The minimum atomic E-state index is -0.407. The van der Waals surface area contributed by atoms with Gasteiger partial charge >= 0.3 is 5.97 Å². The van der Waals surface area contributed by atoms with Gasteiger partial charge in [-0.1, -0.05) is 18.2 Å². The van der Waals surface area contributed by atoms with Gasteiger partial charge in [-0.3, -0.25) is 9.59 Å². The SMILES string of the molecule is COc1ccccc1C1CC(=O)Oc2ccc3c(c21)O/C(=C\c1ccc(OC)c(OC)c1OC)C3=O. The van der Waals surface area contributed by atoms with E-state index in [4.69, 9.17) is 28.4 Å². The highest BCUT2D eigenvalue weighted by Crippen LogP contribution is 2.50. The van der Waals surface area contributed by atoms with Crippen LogP contribution in [-0.2, 0) is 4.79 Å². The van der Waals surface area contributed by atoms with E-state index in [1.54, 1.807) is 37.5 Å². The highest BCUT2D eigenvalue weighted by atomic mass is 16.5. The summed E-state index contributed by atoms with van der Waals surface area (Å²) in [5.74, 6) is 1.70. The number of hydrogen-bond acceptors (Lipinski definition) is 8. The molecule has 8 heteroatoms. The van der Waals surface area contributed by atoms with Crippen LogP contribution in [-0.4, -0.2) is 40.2 Å². The van der Waals surface area contributed by atoms with Crippen LogP contribution < -0.4 is 28.4 Å². The summed E-state index contributed by atoms with van der Waals surface area (Å²) in [7, 11) is 6.13. The first-order valence-corrected chi connectivity index (χ1v) is 11.2. The molecule has 0 aliphatic carbocycles. The van der Waals surface area contributed by atoms with Crippen LogP contribution in [0.25, 0.3) is 6.08 Å². The molecule has 184 valence electrons. The van der Waals surface area contributed by atoms with Crippen LogP contribution in [0.5, 0.6) is 34.5 Å². The molecule has 2 aliphatic rings. The Hall–Kier alpha value is -4.46. The Morgan fingerprint density at radius 1 is 0.806 bits per heavy atom. The van der Waals surface area contributed by atoms with Gasteiger partial charge in [-0.15, -0.1) is 0 Å². The molecule has 0 radical (unpaired) electrons. The Labute approximate surface area is 207 Å². The lowest BCUT2D eigenvalue weighted by Crippen LogP contribution is -2.22. The molecule has 2 aliphatic heterocycles. The zero-order valence-corrected chi connectivity index (χ0v) is 20.2. The van der Waals surface area contributed by atoms with Gasteiger partial charge in [0.15, 0.2) is 17.3 Å². The molecule has 0 spiro atoms. The second kappa shape index (κ2) is 9.30. The molecule has 0 N–H and O–H groups in total. The van der Waals surface area contributed by atoms with Crippen molar-refractivity contribution in [2.75, 3.05) is 28.4 Å². The van der Waals surface area contributed by atoms with Crippen molar-refractivity contribution in [2.24, 2.45) is 0 Å². The van der Waals surface area contributed by atoms with Gasteiger partial charge in [-0.25, -0.2) is 0 Å². The molecule has 3 aromatic rings. The summed E-state index contributed by atoms with van der Waals surface area (Å²) in [5.41, 5.74) is 2.40. The van der Waals surface area contributed by atoms with Crippen molar-refractivity contribution in [3.8, 4) is 34.5 Å². The maximum atomic E-state index is 13.4. The number of benzene rings is 3. The van der Waals surface area contributed by atoms with Crippen LogP contribution in [0.1, 0.15) is 39.4 Å². The van der Waals surface area contributed by atoms with E-state index in [1.165, 1.54) is 21.3 Å². The monoisotopic (exact) mass is 488 g/mol. The van der Waals surface area contributed by atoms with E-state index in [1.807, 2.05) is 24.3 Å². The number of ketones is 1. The standard InChI is InChI=1S/C28H24O8/c1-31-19-8-6-5-7-16(19)18-14-23(29)35-20-12-10-17-25(30)22(36-27(17)24(18)20)13-15-9-11-21(32-2)28(34-4)26(15)33-3/h5-13,18H,14H2,1-4H3/b22-13-. The number of fused-ring (bicyclic) bond motifs is 3. The van der Waals surface area contributed by atoms with Gasteiger partial charge in [-0.2, -0.15) is 0 Å². The summed E-state index contributed by atoms with van der Waals surface area (Å²) in [6.07, 6.45) is 1.69. The zero-order valence-electron chi connectivity index (χ0n) is 20.2. The molecule has 5 rings (SSSR count). The van der Waals surface area contributed by atoms with Gasteiger partial charge in [0.05, 0.1) is 40.4 Å². The van der Waals surface area contributed by atoms with Crippen molar-refractivity contribution in [1.82, 2.24) is 0 Å². The smallest absolute Gasteiger partial charge is 0.312 e. The van der Waals surface area contributed by atoms with Crippen molar-refractivity contribution >= 4 is 17.8 Å². The fraction of sp³-hybridized carbons (Fsp3) is 0.214. The molecular weight excluding hydrogens is 464 g/mol. The number of allylic oxidation sites excluding steroid dienone is 1. The molecule has 0 amide bonds. The van der Waals surface area contributed by atoms with Crippen molar-refractivity contribution < 1.29 is 38.0 Å². The van der Waals surface area contributed by atoms with E-state index in [2.05, 4.69) is 0 Å². The van der Waals surface area contributed by atoms with E-state index in [9.17, 15) is 9.59 Å². The molecule has 1 unspecified atom stereocenters. The Balaban J connectivity index is 1.62. The second-order valence-electron chi connectivity index (χ2n) is 8.19. The highest BCUT2D eigenvalue weighted by Gasteiger charge is 2.39. The third-order valence-corrected chi connectivity index (χ3v) is 6.32. The van der Waals surface area contributed by atoms with E-state index >= 15 is 0 Å². The van der Waals surface area contributed by atoms with Crippen LogP contribution in [0, 0.1) is 0 Å². The number of esters is 1. The lowest BCUT2D eigenvalue weighted by atomic mass is 9.84. The summed E-state index contributed by atoms with van der Waals surface area (Å²) in [4.78, 5) is 25.8. The maximum absolute atomic E-state index is 13.4. The molecule has 36 heavy (non-hydrogen) atoms. The lowest BCUT2D eigenvalue weighted by molar-refractivity contribution is -0.135. The second-order valence-corrected chi connectivity index (χ2v) is 8.19. The van der Waals surface area contributed by atoms with Crippen molar-refractivity contribution in [2.45, 2.75) is 12.3 Å². The Morgan fingerprint density at radius 2 is 1.56 bits per heavy atom. The number of ether oxygens (including phenoxy) is 6. The van der Waals surface area contributed by atoms with Crippen LogP contribution in [0.15, 0.2) is 54.3 Å². The van der Waals surface area contributed by atoms with E-state index in [0.717, 1.165) is 5.56 Å². The van der Waals surface area contributed by atoms with Gasteiger partial charge in [0.1, 0.15) is 17.2 Å². The third kappa shape index (κ3) is 3.71. The molecule has 0 bridgehead atoms. The molecular formula is C28H24O8. The fourth-order valence-corrected chi connectivity index (χ4v) is 4.71. The first kappa shape index (κ1) is 23.3. The fourth-order valence-electron chi connectivity index (χ4n) is 4.71. The van der Waals surface area contributed by atoms with Gasteiger partial charge in [-0.05, 0) is 36.4 Å². The van der Waals surface area contributed by atoms with E-state index in [0.29, 0.717) is 51.2 Å². The van der Waals surface area contributed by atoms with Crippen LogP contribution in [0.3, 0.4) is 0 Å². The molecule has 8 nitrogen and oxygen atoms in total. The van der Waals surface area contributed by atoms with E-state index in [-0.39, 0.29) is 23.9 Å². The summed E-state index contributed by atoms with van der Waals surface area (Å²) in [5, 5.41) is 0. The lowest BCUT2D eigenvalue weighted by Gasteiger charge is -2.27. The Kier molecular flexibility index (Phi) is 6.01. The first-order valence-electron chi connectivity index (χ1n) is 11.2. The molecule has 2 heterocycles. The van der Waals surface area contributed by atoms with E-state index < -0.39 is 5.92 Å². The van der Waals surface area contributed by atoms with Gasteiger partial charge < -0.3 is 28.4 Å². The zero-order chi connectivity index (χ0) is 25.4. The topological polar surface area (TPSA) is 89.5 Å². The number of para-hydroxylation sites is 1. The maximum Gasteiger partial charge on any atom is 0.312 e. The predicted octanol–water partition coefficient (Wildman–Crippen LogP) is 4.78. The average molecular weight is 488 g/mol. The number of Topliss-reactive ketones (excluding diaryl/α,β-unsaturated/α-hetero) is 1. The van der Waals surface area contributed by atoms with Gasteiger partial charge in [0, 0.05) is 22.6 Å².